The van der Waals surface area contributed by atoms with Crippen molar-refractivity contribution >= 4 is 22.7 Å². The van der Waals surface area contributed by atoms with Gasteiger partial charge in [0, 0.05) is 0 Å². The molecule has 3 heteroatoms. The van der Waals surface area contributed by atoms with Crippen LogP contribution in [0, 0.1) is 0 Å². The number of fused-ring (bicyclic) bond motifs is 1. The molecule has 120 valence electrons. The number of hydrogen-bond acceptors (Lipinski definition) is 2. The fraction of sp³-hybridized carbons (Fsp3) is 0.300. The highest BCUT2D eigenvalue weighted by molar-refractivity contribution is 6.32. The Morgan fingerprint density at radius 1 is 0.957 bits per heavy atom. The molecule has 0 radical (unpaired) electrons. The molecule has 2 aromatic carbocycles. The molecular weight excluding hydrogens is 308 g/mol. The number of halogens is 1. The van der Waals surface area contributed by atoms with Gasteiger partial charge in [-0.25, -0.2) is 0 Å². The first-order chi connectivity index (χ1) is 11.1. The summed E-state index contributed by atoms with van der Waals surface area (Å²) >= 11 is 6.40. The highest BCUT2D eigenvalue weighted by atomic mass is 35.5. The van der Waals surface area contributed by atoms with E-state index in [-0.39, 0.29) is 5.75 Å². The lowest BCUT2D eigenvalue weighted by Gasteiger charge is -2.16. The summed E-state index contributed by atoms with van der Waals surface area (Å²) in [4.78, 5) is 0. The maximum Gasteiger partial charge on any atom is 0.117 e. The van der Waals surface area contributed by atoms with Crippen LogP contribution in [0.5, 0.6) is 11.5 Å². The van der Waals surface area contributed by atoms with E-state index in [0.29, 0.717) is 10.8 Å². The van der Waals surface area contributed by atoms with E-state index < -0.39 is 0 Å². The molecule has 0 heterocycles. The van der Waals surface area contributed by atoms with Gasteiger partial charge in [0.1, 0.15) is 11.5 Å². The van der Waals surface area contributed by atoms with Crippen LogP contribution in [0.3, 0.4) is 0 Å². The molecule has 2 nitrogen and oxygen atoms in total. The molecule has 3 rings (SSSR count). The van der Waals surface area contributed by atoms with Crippen LogP contribution < -0.4 is 0 Å². The van der Waals surface area contributed by atoms with Crippen molar-refractivity contribution in [3.05, 3.63) is 58.1 Å². The second-order valence-electron chi connectivity index (χ2n) is 6.07. The Morgan fingerprint density at radius 2 is 1.65 bits per heavy atom. The highest BCUT2D eigenvalue weighted by Crippen LogP contribution is 2.41. The van der Waals surface area contributed by atoms with Crippen LogP contribution in [0.1, 0.15) is 49.3 Å². The summed E-state index contributed by atoms with van der Waals surface area (Å²) < 4.78 is 0. The van der Waals surface area contributed by atoms with Gasteiger partial charge in [0.05, 0.1) is 5.02 Å². The normalized spacial score (nSPS) is 14.5. The molecule has 0 saturated carbocycles. The Hall–Kier alpha value is -1.93. The first-order valence-corrected chi connectivity index (χ1v) is 8.51. The third-order valence-corrected chi connectivity index (χ3v) is 4.74. The predicted molar refractivity (Wildman–Crippen MR) is 95.9 cm³/mol. The maximum absolute atomic E-state index is 9.79. The lowest BCUT2D eigenvalue weighted by molar-refractivity contribution is 0.474. The maximum atomic E-state index is 9.79. The van der Waals surface area contributed by atoms with Crippen LogP contribution in [0.25, 0.3) is 11.1 Å². The van der Waals surface area contributed by atoms with Crippen molar-refractivity contribution in [1.29, 1.82) is 0 Å². The minimum atomic E-state index is 0.190. The SMILES string of the molecule is CCCC1=C(c2ccc(O)cc2Cl)CCCc2cc(O)ccc21. The van der Waals surface area contributed by atoms with E-state index in [1.807, 2.05) is 18.2 Å². The van der Waals surface area contributed by atoms with Gasteiger partial charge in [-0.15, -0.1) is 0 Å². The summed E-state index contributed by atoms with van der Waals surface area (Å²) in [6, 6.07) is 10.9. The fourth-order valence-corrected chi connectivity index (χ4v) is 3.72. The number of aryl methyl sites for hydroxylation is 1. The van der Waals surface area contributed by atoms with Crippen molar-refractivity contribution in [2.24, 2.45) is 0 Å². The van der Waals surface area contributed by atoms with Gasteiger partial charge in [-0.3, -0.25) is 0 Å². The molecule has 2 N–H and O–H groups in total. The number of phenols is 2. The van der Waals surface area contributed by atoms with Crippen LogP contribution in [0.2, 0.25) is 5.02 Å². The Kier molecular flexibility index (Phi) is 4.63. The van der Waals surface area contributed by atoms with Gasteiger partial charge < -0.3 is 10.2 Å². The Labute approximate surface area is 142 Å². The van der Waals surface area contributed by atoms with Gasteiger partial charge in [0.25, 0.3) is 0 Å². The Balaban J connectivity index is 2.21. The topological polar surface area (TPSA) is 40.5 Å². The number of hydrogen-bond donors (Lipinski definition) is 2. The molecule has 0 amide bonds. The third kappa shape index (κ3) is 3.23. The van der Waals surface area contributed by atoms with Gasteiger partial charge >= 0.3 is 0 Å². The summed E-state index contributed by atoms with van der Waals surface area (Å²) in [6.45, 7) is 2.17. The van der Waals surface area contributed by atoms with Crippen molar-refractivity contribution in [2.45, 2.75) is 39.0 Å². The van der Waals surface area contributed by atoms with E-state index in [9.17, 15) is 10.2 Å². The van der Waals surface area contributed by atoms with Crippen molar-refractivity contribution in [2.75, 3.05) is 0 Å². The van der Waals surface area contributed by atoms with Crippen molar-refractivity contribution in [3.8, 4) is 11.5 Å². The van der Waals surface area contributed by atoms with E-state index in [1.54, 1.807) is 18.2 Å². The number of benzene rings is 2. The first-order valence-electron chi connectivity index (χ1n) is 8.13. The second kappa shape index (κ2) is 6.67. The van der Waals surface area contributed by atoms with Gasteiger partial charge in [-0.2, -0.15) is 0 Å². The van der Waals surface area contributed by atoms with Crippen molar-refractivity contribution in [3.63, 3.8) is 0 Å². The van der Waals surface area contributed by atoms with Gasteiger partial charge in [-0.05, 0) is 83.9 Å². The van der Waals surface area contributed by atoms with Crippen LogP contribution in [0.15, 0.2) is 36.4 Å². The molecule has 1 aliphatic rings. The smallest absolute Gasteiger partial charge is 0.117 e. The third-order valence-electron chi connectivity index (χ3n) is 4.43. The molecule has 0 spiro atoms. The quantitative estimate of drug-likeness (QED) is 0.747. The minimum Gasteiger partial charge on any atom is -0.508 e. The zero-order chi connectivity index (χ0) is 16.4. The molecule has 0 saturated heterocycles. The zero-order valence-corrected chi connectivity index (χ0v) is 14.0. The minimum absolute atomic E-state index is 0.190. The molecule has 0 bridgehead atoms. The van der Waals surface area contributed by atoms with Crippen LogP contribution in [-0.2, 0) is 6.42 Å². The predicted octanol–water partition coefficient (Wildman–Crippen LogP) is 5.80. The lowest BCUT2D eigenvalue weighted by atomic mass is 9.90. The average molecular weight is 329 g/mol. The van der Waals surface area contributed by atoms with E-state index in [1.165, 1.54) is 22.3 Å². The molecule has 0 fully saturated rings. The summed E-state index contributed by atoms with van der Waals surface area (Å²) in [5.74, 6) is 0.515. The number of allylic oxidation sites excluding steroid dienone is 2. The lowest BCUT2D eigenvalue weighted by Crippen LogP contribution is -1.94. The number of phenolic OH excluding ortho intramolecular Hbond substituents is 2. The Bertz CT molecular complexity index is 762. The molecule has 2 aromatic rings. The monoisotopic (exact) mass is 328 g/mol. The first kappa shape index (κ1) is 15.9. The molecular formula is C20H21ClO2. The van der Waals surface area contributed by atoms with Crippen molar-refractivity contribution < 1.29 is 10.2 Å². The second-order valence-corrected chi connectivity index (χ2v) is 6.47. The molecule has 0 aromatic heterocycles. The average Bonchev–Trinajstić information content (AvgIpc) is 2.67. The van der Waals surface area contributed by atoms with Crippen LogP contribution in [-0.4, -0.2) is 10.2 Å². The molecule has 0 atom stereocenters. The van der Waals surface area contributed by atoms with Gasteiger partial charge in [0.2, 0.25) is 0 Å². The summed E-state index contributed by atoms with van der Waals surface area (Å²) in [5, 5.41) is 20.0. The van der Waals surface area contributed by atoms with E-state index in [2.05, 4.69) is 6.92 Å². The van der Waals surface area contributed by atoms with Gasteiger partial charge in [-0.1, -0.05) is 31.0 Å². The fourth-order valence-electron chi connectivity index (χ4n) is 3.43. The van der Waals surface area contributed by atoms with E-state index in [0.717, 1.165) is 37.7 Å². The van der Waals surface area contributed by atoms with E-state index in [4.69, 9.17) is 11.6 Å². The largest absolute Gasteiger partial charge is 0.508 e. The summed E-state index contributed by atoms with van der Waals surface area (Å²) in [5.41, 5.74) is 6.02. The highest BCUT2D eigenvalue weighted by Gasteiger charge is 2.20. The number of aromatic hydroxyl groups is 2. The van der Waals surface area contributed by atoms with Crippen LogP contribution in [0.4, 0.5) is 0 Å². The molecule has 1 aliphatic carbocycles. The summed E-state index contributed by atoms with van der Waals surface area (Å²) in [7, 11) is 0. The molecule has 23 heavy (non-hydrogen) atoms. The Morgan fingerprint density at radius 3 is 2.35 bits per heavy atom. The standard InChI is InChI=1S/C20H21ClO2/c1-2-4-17-16-9-7-14(22)11-13(16)5-3-6-18(17)19-10-8-15(23)12-20(19)21/h7-12,22-23H,2-6H2,1H3. The summed E-state index contributed by atoms with van der Waals surface area (Å²) in [6.07, 6.45) is 4.96. The molecule has 0 aliphatic heterocycles. The number of rotatable bonds is 3. The zero-order valence-electron chi connectivity index (χ0n) is 13.3. The molecule has 0 unspecified atom stereocenters. The van der Waals surface area contributed by atoms with Crippen LogP contribution >= 0.6 is 11.6 Å². The van der Waals surface area contributed by atoms with Crippen molar-refractivity contribution in [1.82, 2.24) is 0 Å². The van der Waals surface area contributed by atoms with E-state index >= 15 is 0 Å². The van der Waals surface area contributed by atoms with Gasteiger partial charge in [0.15, 0.2) is 0 Å².